The minimum atomic E-state index is -1.69. The van der Waals surface area contributed by atoms with Crippen LogP contribution in [0.2, 0.25) is 0 Å². The Hall–Kier alpha value is -3.26. The van der Waals surface area contributed by atoms with Gasteiger partial charge in [0.15, 0.2) is 0 Å². The SMILES string of the molecule is CC(C)C(N)C(=O)NC(CC(N)=O)C(=O)NC(CO)C(=O)NC(CC(N)=O)C(=O)O. The third kappa shape index (κ3) is 9.29. The average molecular weight is 432 g/mol. The van der Waals surface area contributed by atoms with Crippen LogP contribution in [0.3, 0.4) is 0 Å². The van der Waals surface area contributed by atoms with Gasteiger partial charge in [0, 0.05) is 0 Å². The van der Waals surface area contributed by atoms with Gasteiger partial charge >= 0.3 is 5.97 Å². The van der Waals surface area contributed by atoms with E-state index in [0.29, 0.717) is 0 Å². The fourth-order valence-corrected chi connectivity index (χ4v) is 2.12. The number of hydrogen-bond acceptors (Lipinski definition) is 8. The Morgan fingerprint density at radius 3 is 1.57 bits per heavy atom. The van der Waals surface area contributed by atoms with Crippen molar-refractivity contribution >= 4 is 35.5 Å². The maximum absolute atomic E-state index is 12.4. The number of primary amides is 2. The molecule has 14 heteroatoms. The molecule has 4 unspecified atom stereocenters. The number of rotatable bonds is 13. The highest BCUT2D eigenvalue weighted by Gasteiger charge is 2.31. The Balaban J connectivity index is 5.29. The number of aliphatic hydroxyl groups excluding tert-OH is 1. The topological polar surface area (TPSA) is 257 Å². The molecular weight excluding hydrogens is 404 g/mol. The van der Waals surface area contributed by atoms with Crippen molar-refractivity contribution in [3.8, 4) is 0 Å². The van der Waals surface area contributed by atoms with Crippen LogP contribution >= 0.6 is 0 Å². The molecule has 0 aliphatic carbocycles. The highest BCUT2D eigenvalue weighted by Crippen LogP contribution is 2.01. The second kappa shape index (κ2) is 12.3. The molecule has 0 aliphatic heterocycles. The normalized spacial score (nSPS) is 14.7. The molecule has 170 valence electrons. The van der Waals surface area contributed by atoms with Crippen molar-refractivity contribution in [2.24, 2.45) is 23.1 Å². The summed E-state index contributed by atoms with van der Waals surface area (Å²) < 4.78 is 0. The Kier molecular flexibility index (Phi) is 11.0. The first-order chi connectivity index (χ1) is 13.8. The zero-order chi connectivity index (χ0) is 23.6. The minimum Gasteiger partial charge on any atom is -0.480 e. The van der Waals surface area contributed by atoms with Crippen LogP contribution in [0.5, 0.6) is 0 Å². The molecule has 0 aromatic heterocycles. The van der Waals surface area contributed by atoms with Crippen molar-refractivity contribution in [3.05, 3.63) is 0 Å². The molecule has 0 aromatic carbocycles. The average Bonchev–Trinajstić information content (AvgIpc) is 2.62. The summed E-state index contributed by atoms with van der Waals surface area (Å²) in [6.07, 6.45) is -1.35. The van der Waals surface area contributed by atoms with Crippen LogP contribution in [0.15, 0.2) is 0 Å². The van der Waals surface area contributed by atoms with Gasteiger partial charge in [-0.2, -0.15) is 0 Å². The van der Waals surface area contributed by atoms with Crippen molar-refractivity contribution in [2.75, 3.05) is 6.61 Å². The largest absolute Gasteiger partial charge is 0.480 e. The molecule has 4 atom stereocenters. The second-order valence-electron chi connectivity index (χ2n) is 6.82. The maximum atomic E-state index is 12.4. The van der Waals surface area contributed by atoms with Crippen LogP contribution in [-0.4, -0.2) is 76.5 Å². The fraction of sp³-hybridized carbons (Fsp3) is 0.625. The standard InChI is InChI=1S/C16H28N6O8/c1-6(2)12(19)15(28)20-7(3-10(17)24)13(26)22-9(5-23)14(27)21-8(16(29)30)4-11(18)25/h6-9,12,23H,3-5,19H2,1-2H3,(H2,17,24)(H2,18,25)(H,20,28)(H,21,27)(H,22,26)(H,29,30). The third-order valence-corrected chi connectivity index (χ3v) is 3.89. The molecule has 11 N–H and O–H groups in total. The monoisotopic (exact) mass is 432 g/mol. The second-order valence-corrected chi connectivity index (χ2v) is 6.82. The van der Waals surface area contributed by atoms with E-state index in [9.17, 15) is 33.9 Å². The summed E-state index contributed by atoms with van der Waals surface area (Å²) in [5.74, 6) is -6.72. The van der Waals surface area contributed by atoms with Crippen molar-refractivity contribution in [1.29, 1.82) is 0 Å². The van der Waals surface area contributed by atoms with Gasteiger partial charge in [-0.25, -0.2) is 4.79 Å². The van der Waals surface area contributed by atoms with E-state index in [-0.39, 0.29) is 5.92 Å². The lowest BCUT2D eigenvalue weighted by Gasteiger charge is -2.24. The van der Waals surface area contributed by atoms with Gasteiger partial charge < -0.3 is 43.4 Å². The molecular formula is C16H28N6O8. The molecule has 0 aromatic rings. The highest BCUT2D eigenvalue weighted by atomic mass is 16.4. The summed E-state index contributed by atoms with van der Waals surface area (Å²) in [5, 5.41) is 24.6. The molecule has 0 heterocycles. The lowest BCUT2D eigenvalue weighted by atomic mass is 10.0. The zero-order valence-electron chi connectivity index (χ0n) is 16.6. The number of carboxylic acid groups (broad SMARTS) is 1. The van der Waals surface area contributed by atoms with Gasteiger partial charge in [0.05, 0.1) is 25.5 Å². The molecule has 0 saturated carbocycles. The first-order valence-corrected chi connectivity index (χ1v) is 8.87. The number of hydrogen-bond donors (Lipinski definition) is 8. The van der Waals surface area contributed by atoms with E-state index in [4.69, 9.17) is 22.3 Å². The summed E-state index contributed by atoms with van der Waals surface area (Å²) >= 11 is 0. The van der Waals surface area contributed by atoms with Crippen LogP contribution < -0.4 is 33.2 Å². The van der Waals surface area contributed by atoms with E-state index < -0.39 is 79.1 Å². The van der Waals surface area contributed by atoms with E-state index in [0.717, 1.165) is 0 Å². The van der Waals surface area contributed by atoms with Crippen LogP contribution in [-0.2, 0) is 28.8 Å². The predicted molar refractivity (Wildman–Crippen MR) is 101 cm³/mol. The first-order valence-electron chi connectivity index (χ1n) is 8.87. The van der Waals surface area contributed by atoms with Gasteiger partial charge in [0.2, 0.25) is 29.5 Å². The fourth-order valence-electron chi connectivity index (χ4n) is 2.12. The zero-order valence-corrected chi connectivity index (χ0v) is 16.6. The summed E-state index contributed by atoms with van der Waals surface area (Å²) in [6, 6.07) is -5.83. The molecule has 5 amide bonds. The Labute approximate surface area is 171 Å². The number of amides is 5. The van der Waals surface area contributed by atoms with Crippen molar-refractivity contribution in [1.82, 2.24) is 16.0 Å². The quantitative estimate of drug-likeness (QED) is 0.139. The van der Waals surface area contributed by atoms with Gasteiger partial charge in [-0.1, -0.05) is 13.8 Å². The molecule has 0 aliphatic rings. The number of aliphatic hydroxyl groups is 1. The molecule has 0 bridgehead atoms. The number of aliphatic carboxylic acids is 1. The molecule has 0 fully saturated rings. The molecule has 0 rings (SSSR count). The molecule has 14 nitrogen and oxygen atoms in total. The van der Waals surface area contributed by atoms with Crippen LogP contribution in [0.1, 0.15) is 26.7 Å². The number of nitrogens with one attached hydrogen (secondary N) is 3. The van der Waals surface area contributed by atoms with Crippen molar-refractivity contribution in [2.45, 2.75) is 50.9 Å². The van der Waals surface area contributed by atoms with Gasteiger partial charge in [0.25, 0.3) is 0 Å². The first kappa shape index (κ1) is 26.7. The lowest BCUT2D eigenvalue weighted by Crippen LogP contribution is -2.59. The molecule has 0 saturated heterocycles. The Bertz CT molecular complexity index is 683. The van der Waals surface area contributed by atoms with E-state index in [2.05, 4.69) is 10.6 Å². The van der Waals surface area contributed by atoms with Crippen LogP contribution in [0.4, 0.5) is 0 Å². The smallest absolute Gasteiger partial charge is 0.326 e. The highest BCUT2D eigenvalue weighted by molar-refractivity contribution is 5.96. The van der Waals surface area contributed by atoms with E-state index in [1.165, 1.54) is 0 Å². The van der Waals surface area contributed by atoms with Gasteiger partial charge in [-0.3, -0.25) is 24.0 Å². The summed E-state index contributed by atoms with van der Waals surface area (Å²) in [5.41, 5.74) is 15.7. The van der Waals surface area contributed by atoms with E-state index in [1.54, 1.807) is 13.8 Å². The van der Waals surface area contributed by atoms with Gasteiger partial charge in [-0.15, -0.1) is 0 Å². The number of nitrogens with two attached hydrogens (primary N) is 3. The van der Waals surface area contributed by atoms with Crippen LogP contribution in [0.25, 0.3) is 0 Å². The van der Waals surface area contributed by atoms with Gasteiger partial charge in [0.1, 0.15) is 18.1 Å². The van der Waals surface area contributed by atoms with Crippen molar-refractivity contribution in [3.63, 3.8) is 0 Å². The predicted octanol–water partition coefficient (Wildman–Crippen LogP) is -4.75. The number of carbonyl (C=O) groups is 6. The number of carboxylic acids is 1. The number of carbonyl (C=O) groups excluding carboxylic acids is 5. The van der Waals surface area contributed by atoms with Crippen molar-refractivity contribution < 1.29 is 39.0 Å². The maximum Gasteiger partial charge on any atom is 0.326 e. The summed E-state index contributed by atoms with van der Waals surface area (Å²) in [4.78, 5) is 69.9. The Morgan fingerprint density at radius 2 is 1.17 bits per heavy atom. The Morgan fingerprint density at radius 1 is 0.767 bits per heavy atom. The molecule has 30 heavy (non-hydrogen) atoms. The van der Waals surface area contributed by atoms with Crippen LogP contribution in [0, 0.1) is 5.92 Å². The third-order valence-electron chi connectivity index (χ3n) is 3.89. The van der Waals surface area contributed by atoms with E-state index >= 15 is 0 Å². The lowest BCUT2D eigenvalue weighted by molar-refractivity contribution is -0.144. The van der Waals surface area contributed by atoms with E-state index in [1.807, 2.05) is 5.32 Å². The summed E-state index contributed by atoms with van der Waals surface area (Å²) in [7, 11) is 0. The minimum absolute atomic E-state index is 0.281. The molecule has 0 spiro atoms. The molecule has 0 radical (unpaired) electrons. The summed E-state index contributed by atoms with van der Waals surface area (Å²) in [6.45, 7) is 2.36. The van der Waals surface area contributed by atoms with Gasteiger partial charge in [-0.05, 0) is 5.92 Å².